The summed E-state index contributed by atoms with van der Waals surface area (Å²) in [6.07, 6.45) is 7.35. The lowest BCUT2D eigenvalue weighted by Crippen LogP contribution is -2.42. The van der Waals surface area contributed by atoms with Gasteiger partial charge in [0, 0.05) is 31.0 Å². The Kier molecular flexibility index (Phi) is 5.17. The van der Waals surface area contributed by atoms with Gasteiger partial charge in [0.15, 0.2) is 5.82 Å². The SMILES string of the molecule is CC(CNc1nccn(C(C)C)c1=O)N1CCCCC1. The predicted molar refractivity (Wildman–Crippen MR) is 82.3 cm³/mol. The molecule has 0 radical (unpaired) electrons. The highest BCUT2D eigenvalue weighted by Gasteiger charge is 2.17. The second-order valence-electron chi connectivity index (χ2n) is 5.91. The van der Waals surface area contributed by atoms with Crippen LogP contribution < -0.4 is 10.9 Å². The molecule has 1 aromatic rings. The van der Waals surface area contributed by atoms with E-state index in [9.17, 15) is 4.79 Å². The molecule has 112 valence electrons. The molecule has 0 aliphatic carbocycles. The lowest BCUT2D eigenvalue weighted by Gasteiger charge is -2.32. The van der Waals surface area contributed by atoms with Crippen molar-refractivity contribution in [3.63, 3.8) is 0 Å². The molecular weight excluding hydrogens is 252 g/mol. The van der Waals surface area contributed by atoms with E-state index in [2.05, 4.69) is 22.1 Å². The first kappa shape index (κ1) is 15.0. The van der Waals surface area contributed by atoms with Crippen LogP contribution in [-0.4, -0.2) is 40.1 Å². The Morgan fingerprint density at radius 3 is 2.60 bits per heavy atom. The summed E-state index contributed by atoms with van der Waals surface area (Å²) < 4.78 is 1.71. The van der Waals surface area contributed by atoms with E-state index < -0.39 is 0 Å². The highest BCUT2D eigenvalue weighted by atomic mass is 16.1. The summed E-state index contributed by atoms with van der Waals surface area (Å²) in [6, 6.07) is 0.592. The van der Waals surface area contributed by atoms with Crippen LogP contribution in [0.5, 0.6) is 0 Å². The van der Waals surface area contributed by atoms with Crippen LogP contribution in [0.25, 0.3) is 0 Å². The monoisotopic (exact) mass is 278 g/mol. The fraction of sp³-hybridized carbons (Fsp3) is 0.733. The van der Waals surface area contributed by atoms with Gasteiger partial charge >= 0.3 is 0 Å². The van der Waals surface area contributed by atoms with Gasteiger partial charge in [-0.15, -0.1) is 0 Å². The number of hydrogen-bond acceptors (Lipinski definition) is 4. The van der Waals surface area contributed by atoms with Crippen molar-refractivity contribution >= 4 is 5.82 Å². The number of rotatable bonds is 5. The Morgan fingerprint density at radius 2 is 1.95 bits per heavy atom. The fourth-order valence-corrected chi connectivity index (χ4v) is 2.69. The minimum atomic E-state index is -0.0339. The van der Waals surface area contributed by atoms with Gasteiger partial charge in [0.25, 0.3) is 5.56 Å². The quantitative estimate of drug-likeness (QED) is 0.896. The van der Waals surface area contributed by atoms with E-state index >= 15 is 0 Å². The van der Waals surface area contributed by atoms with Crippen LogP contribution in [-0.2, 0) is 0 Å². The number of nitrogens with zero attached hydrogens (tertiary/aromatic N) is 3. The smallest absolute Gasteiger partial charge is 0.293 e. The average Bonchev–Trinajstić information content (AvgIpc) is 2.46. The zero-order valence-corrected chi connectivity index (χ0v) is 12.8. The molecular formula is C15H26N4O. The summed E-state index contributed by atoms with van der Waals surface area (Å²) in [7, 11) is 0. The van der Waals surface area contributed by atoms with Gasteiger partial charge in [-0.05, 0) is 46.7 Å². The van der Waals surface area contributed by atoms with Gasteiger partial charge in [-0.3, -0.25) is 9.69 Å². The highest BCUT2D eigenvalue weighted by molar-refractivity contribution is 5.31. The number of likely N-dealkylation sites (tertiary alicyclic amines) is 1. The van der Waals surface area contributed by atoms with E-state index in [0.717, 1.165) is 6.54 Å². The first-order chi connectivity index (χ1) is 9.59. The molecule has 1 aliphatic heterocycles. The third kappa shape index (κ3) is 3.60. The molecule has 1 N–H and O–H groups in total. The van der Waals surface area contributed by atoms with Crippen molar-refractivity contribution in [2.75, 3.05) is 25.0 Å². The fourth-order valence-electron chi connectivity index (χ4n) is 2.69. The Labute approximate surface area is 121 Å². The molecule has 1 fully saturated rings. The number of nitrogens with one attached hydrogen (secondary N) is 1. The molecule has 1 saturated heterocycles. The van der Waals surface area contributed by atoms with Crippen LogP contribution in [0.2, 0.25) is 0 Å². The van der Waals surface area contributed by atoms with Gasteiger partial charge in [-0.2, -0.15) is 0 Å². The molecule has 0 aromatic carbocycles. The Hall–Kier alpha value is -1.36. The first-order valence-electron chi connectivity index (χ1n) is 7.64. The summed E-state index contributed by atoms with van der Waals surface area (Å²) in [5.74, 6) is 0.463. The minimum Gasteiger partial charge on any atom is -0.364 e. The maximum absolute atomic E-state index is 12.2. The van der Waals surface area contributed by atoms with Crippen LogP contribution in [0.1, 0.15) is 46.1 Å². The molecule has 20 heavy (non-hydrogen) atoms. The maximum Gasteiger partial charge on any atom is 0.293 e. The van der Waals surface area contributed by atoms with Crippen LogP contribution in [0, 0.1) is 0 Å². The van der Waals surface area contributed by atoms with Gasteiger partial charge < -0.3 is 9.88 Å². The predicted octanol–water partition coefficient (Wildman–Crippen LogP) is 2.11. The third-order valence-electron chi connectivity index (χ3n) is 4.00. The van der Waals surface area contributed by atoms with Gasteiger partial charge in [0.05, 0.1) is 0 Å². The maximum atomic E-state index is 12.2. The van der Waals surface area contributed by atoms with Gasteiger partial charge in [-0.25, -0.2) is 4.98 Å². The third-order valence-corrected chi connectivity index (χ3v) is 4.00. The molecule has 2 rings (SSSR count). The lowest BCUT2D eigenvalue weighted by molar-refractivity contribution is 0.180. The van der Waals surface area contributed by atoms with Crippen molar-refractivity contribution in [1.29, 1.82) is 0 Å². The van der Waals surface area contributed by atoms with Crippen molar-refractivity contribution in [3.05, 3.63) is 22.7 Å². The van der Waals surface area contributed by atoms with E-state index in [1.807, 2.05) is 13.8 Å². The summed E-state index contributed by atoms with van der Waals surface area (Å²) in [6.45, 7) is 9.32. The second kappa shape index (κ2) is 6.88. The molecule has 1 aliphatic rings. The molecule has 5 nitrogen and oxygen atoms in total. The topological polar surface area (TPSA) is 50.2 Å². The van der Waals surface area contributed by atoms with E-state index in [1.165, 1.54) is 32.4 Å². The van der Waals surface area contributed by atoms with Crippen molar-refractivity contribution < 1.29 is 0 Å². The van der Waals surface area contributed by atoms with E-state index in [4.69, 9.17) is 0 Å². The van der Waals surface area contributed by atoms with Gasteiger partial charge in [-0.1, -0.05) is 6.42 Å². The summed E-state index contributed by atoms with van der Waals surface area (Å²) in [5.41, 5.74) is -0.0339. The summed E-state index contributed by atoms with van der Waals surface area (Å²) >= 11 is 0. The van der Waals surface area contributed by atoms with Crippen molar-refractivity contribution in [3.8, 4) is 0 Å². The van der Waals surface area contributed by atoms with E-state index in [1.54, 1.807) is 17.0 Å². The molecule has 1 unspecified atom stereocenters. The Morgan fingerprint density at radius 1 is 1.25 bits per heavy atom. The summed E-state index contributed by atoms with van der Waals surface area (Å²) in [4.78, 5) is 18.9. The zero-order chi connectivity index (χ0) is 14.5. The largest absolute Gasteiger partial charge is 0.364 e. The lowest BCUT2D eigenvalue weighted by atomic mass is 10.1. The average molecular weight is 278 g/mol. The molecule has 5 heteroatoms. The minimum absolute atomic E-state index is 0.0339. The Balaban J connectivity index is 1.96. The van der Waals surface area contributed by atoms with E-state index in [-0.39, 0.29) is 11.6 Å². The van der Waals surface area contributed by atoms with Gasteiger partial charge in [0.2, 0.25) is 0 Å². The molecule has 2 heterocycles. The van der Waals surface area contributed by atoms with Crippen LogP contribution in [0.4, 0.5) is 5.82 Å². The second-order valence-corrected chi connectivity index (χ2v) is 5.91. The molecule has 0 amide bonds. The molecule has 1 atom stereocenters. The number of piperidine rings is 1. The van der Waals surface area contributed by atoms with Crippen LogP contribution in [0.3, 0.4) is 0 Å². The molecule has 1 aromatic heterocycles. The van der Waals surface area contributed by atoms with Crippen molar-refractivity contribution in [2.24, 2.45) is 0 Å². The standard InChI is InChI=1S/C15H26N4O/c1-12(2)19-10-7-16-14(15(19)20)17-11-13(3)18-8-5-4-6-9-18/h7,10,12-13H,4-6,8-9,11H2,1-3H3,(H,16,17). The van der Waals surface area contributed by atoms with Crippen LogP contribution >= 0.6 is 0 Å². The highest BCUT2D eigenvalue weighted by Crippen LogP contribution is 2.12. The summed E-state index contributed by atoms with van der Waals surface area (Å²) in [5, 5.41) is 3.22. The molecule has 0 saturated carbocycles. The van der Waals surface area contributed by atoms with Crippen molar-refractivity contribution in [1.82, 2.24) is 14.5 Å². The normalized spacial score (nSPS) is 18.2. The molecule has 0 bridgehead atoms. The molecule has 0 spiro atoms. The number of aromatic nitrogens is 2. The van der Waals surface area contributed by atoms with Crippen LogP contribution in [0.15, 0.2) is 17.2 Å². The first-order valence-corrected chi connectivity index (χ1v) is 7.64. The van der Waals surface area contributed by atoms with Crippen molar-refractivity contribution in [2.45, 2.75) is 52.1 Å². The number of anilines is 1. The van der Waals surface area contributed by atoms with E-state index in [0.29, 0.717) is 11.9 Å². The number of hydrogen-bond donors (Lipinski definition) is 1. The van der Waals surface area contributed by atoms with Gasteiger partial charge in [0.1, 0.15) is 0 Å². The zero-order valence-electron chi connectivity index (χ0n) is 12.8. The Bertz CT molecular complexity index is 477.